The Bertz CT molecular complexity index is 1100. The average Bonchev–Trinajstić information content (AvgIpc) is 3.12. The van der Waals surface area contributed by atoms with Crippen molar-refractivity contribution in [2.24, 2.45) is 0 Å². The van der Waals surface area contributed by atoms with Gasteiger partial charge in [-0.2, -0.15) is 0 Å². The Morgan fingerprint density at radius 3 is 2.29 bits per heavy atom. The van der Waals surface area contributed by atoms with Crippen LogP contribution in [0.1, 0.15) is 17.0 Å². The molecule has 1 N–H and O–H groups in total. The maximum Gasteiger partial charge on any atom is 0.333 e. The molecular weight excluding hydrogens is 374 g/mol. The Morgan fingerprint density at radius 2 is 1.61 bits per heavy atom. The van der Waals surface area contributed by atoms with Crippen LogP contribution in [0.25, 0.3) is 11.8 Å². The van der Waals surface area contributed by atoms with Crippen molar-refractivity contribution < 1.29 is 9.59 Å². The number of hydrogen-bond acceptors (Lipinski definition) is 2. The van der Waals surface area contributed by atoms with Crippen molar-refractivity contribution in [2.75, 3.05) is 4.90 Å². The number of aromatic nitrogens is 1. The third-order valence-corrected chi connectivity index (χ3v) is 5.00. The first-order valence-electron chi connectivity index (χ1n) is 8.83. The van der Waals surface area contributed by atoms with Crippen LogP contribution >= 0.6 is 11.6 Å². The highest BCUT2D eigenvalue weighted by molar-refractivity contribution is 6.30. The maximum atomic E-state index is 12.8. The quantitative estimate of drug-likeness (QED) is 0.512. The summed E-state index contributed by atoms with van der Waals surface area (Å²) in [7, 11) is 0. The van der Waals surface area contributed by atoms with Gasteiger partial charge < -0.3 is 9.88 Å². The zero-order valence-corrected chi connectivity index (χ0v) is 16.2. The maximum absolute atomic E-state index is 12.8. The van der Waals surface area contributed by atoms with E-state index in [1.54, 1.807) is 30.3 Å². The lowest BCUT2D eigenvalue weighted by Crippen LogP contribution is -2.30. The lowest BCUT2D eigenvalue weighted by molar-refractivity contribution is -0.113. The number of rotatable bonds is 3. The summed E-state index contributed by atoms with van der Waals surface area (Å²) >= 11 is 5.99. The fraction of sp³-hybridized carbons (Fsp3) is 0.0909. The van der Waals surface area contributed by atoms with Gasteiger partial charge >= 0.3 is 6.03 Å². The van der Waals surface area contributed by atoms with Crippen molar-refractivity contribution >= 4 is 35.3 Å². The lowest BCUT2D eigenvalue weighted by Gasteiger charge is -2.11. The summed E-state index contributed by atoms with van der Waals surface area (Å²) in [6.45, 7) is 3.97. The van der Waals surface area contributed by atoms with E-state index in [1.165, 1.54) is 0 Å². The third-order valence-electron chi connectivity index (χ3n) is 4.75. The number of benzene rings is 2. The Kier molecular flexibility index (Phi) is 4.53. The molecule has 0 unspecified atom stereocenters. The minimum atomic E-state index is -0.450. The molecule has 1 aliphatic rings. The second-order valence-electron chi connectivity index (χ2n) is 6.60. The van der Waals surface area contributed by atoms with Gasteiger partial charge in [-0.15, -0.1) is 0 Å². The number of nitrogens with one attached hydrogen (secondary N) is 1. The molecule has 0 atom stereocenters. The predicted octanol–water partition coefficient (Wildman–Crippen LogP) is 4.84. The van der Waals surface area contributed by atoms with Crippen LogP contribution in [0, 0.1) is 13.8 Å². The summed E-state index contributed by atoms with van der Waals surface area (Å²) in [5, 5.41) is 3.35. The van der Waals surface area contributed by atoms with Crippen LogP contribution < -0.4 is 10.2 Å². The Morgan fingerprint density at radius 1 is 0.929 bits per heavy atom. The van der Waals surface area contributed by atoms with Crippen LogP contribution in [0.3, 0.4) is 0 Å². The van der Waals surface area contributed by atoms with E-state index < -0.39 is 6.03 Å². The Labute approximate surface area is 167 Å². The highest BCUT2D eigenvalue weighted by Gasteiger charge is 2.34. The molecule has 6 heteroatoms. The topological polar surface area (TPSA) is 54.3 Å². The van der Waals surface area contributed by atoms with Gasteiger partial charge in [0.1, 0.15) is 5.70 Å². The zero-order chi connectivity index (χ0) is 19.8. The number of nitrogens with zero attached hydrogens (tertiary/aromatic N) is 2. The van der Waals surface area contributed by atoms with E-state index in [-0.39, 0.29) is 11.6 Å². The molecule has 2 aromatic carbocycles. The van der Waals surface area contributed by atoms with Gasteiger partial charge in [-0.3, -0.25) is 4.79 Å². The van der Waals surface area contributed by atoms with Crippen LogP contribution in [0.5, 0.6) is 0 Å². The average molecular weight is 392 g/mol. The first kappa shape index (κ1) is 18.1. The molecule has 4 rings (SSSR count). The number of carbonyl (C=O) groups excluding carboxylic acids is 2. The van der Waals surface area contributed by atoms with Crippen molar-refractivity contribution in [3.05, 3.63) is 88.3 Å². The Balaban J connectivity index is 1.70. The van der Waals surface area contributed by atoms with E-state index in [2.05, 4.69) is 9.88 Å². The van der Waals surface area contributed by atoms with Gasteiger partial charge in [0.05, 0.1) is 5.69 Å². The summed E-state index contributed by atoms with van der Waals surface area (Å²) in [6.07, 6.45) is 1.72. The number of aryl methyl sites for hydroxylation is 1. The summed E-state index contributed by atoms with van der Waals surface area (Å²) < 4.78 is 2.08. The number of imide groups is 1. The highest BCUT2D eigenvalue weighted by Crippen LogP contribution is 2.26. The minimum absolute atomic E-state index is 0.255. The van der Waals surface area contributed by atoms with E-state index >= 15 is 0 Å². The van der Waals surface area contributed by atoms with E-state index in [1.807, 2.05) is 50.2 Å². The molecule has 2 heterocycles. The van der Waals surface area contributed by atoms with Crippen LogP contribution in [-0.4, -0.2) is 16.5 Å². The lowest BCUT2D eigenvalue weighted by atomic mass is 10.2. The molecule has 140 valence electrons. The Hall–Kier alpha value is -3.31. The van der Waals surface area contributed by atoms with E-state index in [4.69, 9.17) is 11.6 Å². The standard InChI is InChI=1S/C22H18ClN3O2/c1-14-12-16(15(2)25(14)19-10-8-17(23)9-11-19)13-20-21(27)26(22(28)24-20)18-6-4-3-5-7-18/h3-13H,1-2H3,(H,24,28)/b20-13-. The summed E-state index contributed by atoms with van der Waals surface area (Å²) in [6, 6.07) is 18.0. The second kappa shape index (κ2) is 7.02. The summed E-state index contributed by atoms with van der Waals surface area (Å²) in [4.78, 5) is 26.3. The number of carbonyl (C=O) groups is 2. The van der Waals surface area contributed by atoms with Gasteiger partial charge in [-0.1, -0.05) is 29.8 Å². The summed E-state index contributed by atoms with van der Waals surface area (Å²) in [5.41, 5.74) is 4.63. The molecule has 0 bridgehead atoms. The number of halogens is 1. The first-order valence-corrected chi connectivity index (χ1v) is 9.20. The predicted molar refractivity (Wildman–Crippen MR) is 111 cm³/mol. The molecular formula is C22H18ClN3O2. The first-order chi connectivity index (χ1) is 13.5. The van der Waals surface area contributed by atoms with E-state index in [9.17, 15) is 9.59 Å². The van der Waals surface area contributed by atoms with Crippen LogP contribution in [0.15, 0.2) is 66.4 Å². The zero-order valence-electron chi connectivity index (χ0n) is 15.4. The number of hydrogen-bond donors (Lipinski definition) is 1. The normalized spacial score (nSPS) is 15.4. The molecule has 1 aromatic heterocycles. The molecule has 0 spiro atoms. The monoisotopic (exact) mass is 391 g/mol. The van der Waals surface area contributed by atoms with Crippen LogP contribution in [0.2, 0.25) is 5.02 Å². The van der Waals surface area contributed by atoms with Gasteiger partial charge in [0.25, 0.3) is 5.91 Å². The molecule has 1 aliphatic heterocycles. The van der Waals surface area contributed by atoms with Gasteiger partial charge in [-0.05, 0) is 68.0 Å². The van der Waals surface area contributed by atoms with Crippen molar-refractivity contribution in [1.82, 2.24) is 9.88 Å². The molecule has 0 aliphatic carbocycles. The molecule has 0 saturated carbocycles. The highest BCUT2D eigenvalue weighted by atomic mass is 35.5. The second-order valence-corrected chi connectivity index (χ2v) is 7.04. The number of para-hydroxylation sites is 1. The van der Waals surface area contributed by atoms with Crippen LogP contribution in [0.4, 0.5) is 10.5 Å². The number of urea groups is 1. The van der Waals surface area contributed by atoms with Gasteiger partial charge in [0, 0.05) is 22.1 Å². The molecule has 3 aromatic rings. The smallest absolute Gasteiger partial charge is 0.318 e. The van der Waals surface area contributed by atoms with Crippen molar-refractivity contribution in [1.29, 1.82) is 0 Å². The van der Waals surface area contributed by atoms with Gasteiger partial charge in [0.15, 0.2) is 0 Å². The van der Waals surface area contributed by atoms with Crippen molar-refractivity contribution in [3.8, 4) is 5.69 Å². The molecule has 1 fully saturated rings. The van der Waals surface area contributed by atoms with Gasteiger partial charge in [-0.25, -0.2) is 9.69 Å². The molecule has 1 saturated heterocycles. The third kappa shape index (κ3) is 3.10. The number of amides is 3. The SMILES string of the molecule is Cc1cc(/C=C2\NC(=O)N(c3ccccc3)C2=O)c(C)n1-c1ccc(Cl)cc1. The molecule has 28 heavy (non-hydrogen) atoms. The largest absolute Gasteiger partial charge is 0.333 e. The molecule has 5 nitrogen and oxygen atoms in total. The van der Waals surface area contributed by atoms with Crippen molar-refractivity contribution in [3.63, 3.8) is 0 Å². The molecule has 3 amide bonds. The fourth-order valence-electron chi connectivity index (χ4n) is 3.42. The van der Waals surface area contributed by atoms with Gasteiger partial charge in [0.2, 0.25) is 0 Å². The van der Waals surface area contributed by atoms with E-state index in [0.29, 0.717) is 10.7 Å². The van der Waals surface area contributed by atoms with Crippen molar-refractivity contribution in [2.45, 2.75) is 13.8 Å². The molecule has 0 radical (unpaired) electrons. The number of anilines is 1. The summed E-state index contributed by atoms with van der Waals surface area (Å²) in [5.74, 6) is -0.368. The van der Waals surface area contributed by atoms with Crippen LogP contribution in [-0.2, 0) is 4.79 Å². The minimum Gasteiger partial charge on any atom is -0.318 e. The fourth-order valence-corrected chi connectivity index (χ4v) is 3.55. The van der Waals surface area contributed by atoms with E-state index in [0.717, 1.165) is 27.5 Å².